The standard InChI is InChI=1S/C12H15NOS/c1-12(2,3)15(14)9-11-6-4-5-10(7-11)8-13/h4-7H,9H2,1-3H3. The van der Waals surface area contributed by atoms with Gasteiger partial charge in [-0.15, -0.1) is 0 Å². The molecule has 2 nitrogen and oxygen atoms in total. The van der Waals surface area contributed by atoms with Crippen molar-refractivity contribution in [3.05, 3.63) is 35.4 Å². The molecule has 80 valence electrons. The van der Waals surface area contributed by atoms with Crippen LogP contribution in [0.25, 0.3) is 0 Å². The van der Waals surface area contributed by atoms with Crippen LogP contribution >= 0.6 is 0 Å². The predicted octanol–water partition coefficient (Wildman–Crippen LogP) is 2.61. The topological polar surface area (TPSA) is 40.9 Å². The van der Waals surface area contributed by atoms with Crippen molar-refractivity contribution >= 4 is 10.8 Å². The van der Waals surface area contributed by atoms with Gasteiger partial charge in [-0.3, -0.25) is 4.21 Å². The van der Waals surface area contributed by atoms with Gasteiger partial charge < -0.3 is 0 Å². The molecule has 1 rings (SSSR count). The van der Waals surface area contributed by atoms with Crippen LogP contribution in [0.4, 0.5) is 0 Å². The Bertz CT molecular complexity index is 412. The zero-order valence-electron chi connectivity index (χ0n) is 9.28. The van der Waals surface area contributed by atoms with E-state index in [4.69, 9.17) is 5.26 Å². The van der Waals surface area contributed by atoms with Crippen molar-refractivity contribution in [2.75, 3.05) is 0 Å². The van der Waals surface area contributed by atoms with Crippen LogP contribution in [0.1, 0.15) is 31.9 Å². The third-order valence-corrected chi connectivity index (χ3v) is 4.00. The fourth-order valence-electron chi connectivity index (χ4n) is 1.10. The maximum Gasteiger partial charge on any atom is 0.0991 e. The molecule has 15 heavy (non-hydrogen) atoms. The average molecular weight is 221 g/mol. The van der Waals surface area contributed by atoms with Crippen LogP contribution in [0, 0.1) is 11.3 Å². The number of nitrogens with zero attached hydrogens (tertiary/aromatic N) is 1. The first-order chi connectivity index (χ1) is 6.93. The molecular formula is C12H15NOS. The van der Waals surface area contributed by atoms with Crippen molar-refractivity contribution in [2.24, 2.45) is 0 Å². The Kier molecular flexibility index (Phi) is 3.65. The minimum absolute atomic E-state index is 0.206. The summed E-state index contributed by atoms with van der Waals surface area (Å²) < 4.78 is 11.7. The zero-order valence-corrected chi connectivity index (χ0v) is 10.1. The van der Waals surface area contributed by atoms with Crippen molar-refractivity contribution in [1.29, 1.82) is 5.26 Å². The molecule has 0 saturated heterocycles. The second-order valence-electron chi connectivity index (χ2n) is 4.41. The summed E-state index contributed by atoms with van der Waals surface area (Å²) in [6.07, 6.45) is 0. The molecule has 0 aliphatic rings. The van der Waals surface area contributed by atoms with Gasteiger partial charge in [0.2, 0.25) is 0 Å². The molecule has 1 unspecified atom stereocenters. The lowest BCUT2D eigenvalue weighted by atomic mass is 10.2. The molecule has 0 saturated carbocycles. The van der Waals surface area contributed by atoms with Crippen LogP contribution in [0.3, 0.4) is 0 Å². The highest BCUT2D eigenvalue weighted by Gasteiger charge is 2.19. The summed E-state index contributed by atoms with van der Waals surface area (Å²) >= 11 is 0. The third kappa shape index (κ3) is 3.49. The molecule has 0 bridgehead atoms. The molecule has 0 aliphatic heterocycles. The summed E-state index contributed by atoms with van der Waals surface area (Å²) in [4.78, 5) is 0. The van der Waals surface area contributed by atoms with E-state index in [0.29, 0.717) is 11.3 Å². The quantitative estimate of drug-likeness (QED) is 0.770. The molecule has 0 aromatic heterocycles. The number of hydrogen-bond donors (Lipinski definition) is 0. The summed E-state index contributed by atoms with van der Waals surface area (Å²) in [5.41, 5.74) is 1.58. The van der Waals surface area contributed by atoms with Gasteiger partial charge in [0.05, 0.1) is 11.6 Å². The van der Waals surface area contributed by atoms with E-state index in [9.17, 15) is 4.21 Å². The molecular weight excluding hydrogens is 206 g/mol. The van der Waals surface area contributed by atoms with E-state index >= 15 is 0 Å². The second-order valence-corrected chi connectivity index (χ2v) is 6.62. The lowest BCUT2D eigenvalue weighted by molar-refractivity contribution is 0.648. The zero-order chi connectivity index (χ0) is 11.5. The molecule has 1 aromatic carbocycles. The summed E-state index contributed by atoms with van der Waals surface area (Å²) in [6, 6.07) is 9.36. The van der Waals surface area contributed by atoms with Crippen molar-refractivity contribution in [3.8, 4) is 6.07 Å². The minimum Gasteiger partial charge on any atom is -0.259 e. The van der Waals surface area contributed by atoms with E-state index in [1.807, 2.05) is 32.9 Å². The van der Waals surface area contributed by atoms with Crippen LogP contribution < -0.4 is 0 Å². The van der Waals surface area contributed by atoms with Gasteiger partial charge in [-0.05, 0) is 38.5 Å². The smallest absolute Gasteiger partial charge is 0.0991 e. The highest BCUT2D eigenvalue weighted by Crippen LogP contribution is 2.16. The van der Waals surface area contributed by atoms with Crippen LogP contribution in [0.15, 0.2) is 24.3 Å². The van der Waals surface area contributed by atoms with Crippen LogP contribution in [-0.4, -0.2) is 8.96 Å². The van der Waals surface area contributed by atoms with E-state index in [0.717, 1.165) is 5.56 Å². The average Bonchev–Trinajstić information content (AvgIpc) is 2.16. The second kappa shape index (κ2) is 4.59. The SMILES string of the molecule is CC(C)(C)S(=O)Cc1cccc(C#N)c1. The lowest BCUT2D eigenvalue weighted by Crippen LogP contribution is -2.22. The molecule has 0 heterocycles. The Morgan fingerprint density at radius 1 is 1.40 bits per heavy atom. The normalized spacial score (nSPS) is 13.2. The fourth-order valence-corrected chi connectivity index (χ4v) is 2.01. The molecule has 0 N–H and O–H groups in total. The Balaban J connectivity index is 2.83. The van der Waals surface area contributed by atoms with Crippen molar-refractivity contribution in [3.63, 3.8) is 0 Å². The van der Waals surface area contributed by atoms with Gasteiger partial charge in [0.1, 0.15) is 0 Å². The summed E-state index contributed by atoms with van der Waals surface area (Å²) in [6.45, 7) is 5.87. The summed E-state index contributed by atoms with van der Waals surface area (Å²) in [5.74, 6) is 0.513. The third-order valence-electron chi connectivity index (χ3n) is 2.04. The van der Waals surface area contributed by atoms with Gasteiger partial charge in [0, 0.05) is 21.3 Å². The van der Waals surface area contributed by atoms with E-state index < -0.39 is 10.8 Å². The molecule has 0 fully saturated rings. The molecule has 0 aliphatic carbocycles. The fraction of sp³-hybridized carbons (Fsp3) is 0.417. The molecule has 1 atom stereocenters. The highest BCUT2D eigenvalue weighted by atomic mass is 32.2. The number of benzene rings is 1. The maximum atomic E-state index is 11.9. The molecule has 3 heteroatoms. The van der Waals surface area contributed by atoms with Gasteiger partial charge in [0.15, 0.2) is 0 Å². The summed E-state index contributed by atoms with van der Waals surface area (Å²) in [7, 11) is -0.908. The van der Waals surface area contributed by atoms with Gasteiger partial charge in [-0.2, -0.15) is 5.26 Å². The van der Waals surface area contributed by atoms with Crippen molar-refractivity contribution in [2.45, 2.75) is 31.3 Å². The number of nitriles is 1. The Morgan fingerprint density at radius 3 is 2.60 bits per heavy atom. The van der Waals surface area contributed by atoms with E-state index in [-0.39, 0.29) is 4.75 Å². The first-order valence-electron chi connectivity index (χ1n) is 4.81. The Hall–Kier alpha value is -1.14. The maximum absolute atomic E-state index is 11.9. The van der Waals surface area contributed by atoms with Gasteiger partial charge in [0.25, 0.3) is 0 Å². The molecule has 0 spiro atoms. The first-order valence-corrected chi connectivity index (χ1v) is 6.13. The molecule has 0 amide bonds. The van der Waals surface area contributed by atoms with Crippen LogP contribution in [-0.2, 0) is 16.6 Å². The number of rotatable bonds is 2. The Morgan fingerprint density at radius 2 is 2.07 bits per heavy atom. The monoisotopic (exact) mass is 221 g/mol. The van der Waals surface area contributed by atoms with Crippen LogP contribution in [0.5, 0.6) is 0 Å². The Labute approximate surface area is 93.4 Å². The number of hydrogen-bond acceptors (Lipinski definition) is 2. The first kappa shape index (κ1) is 11.9. The summed E-state index contributed by atoms with van der Waals surface area (Å²) in [5, 5.41) is 8.73. The molecule has 1 aromatic rings. The van der Waals surface area contributed by atoms with E-state index in [1.165, 1.54) is 0 Å². The minimum atomic E-state index is -0.908. The van der Waals surface area contributed by atoms with E-state index in [1.54, 1.807) is 12.1 Å². The van der Waals surface area contributed by atoms with Gasteiger partial charge in [-0.25, -0.2) is 0 Å². The van der Waals surface area contributed by atoms with Crippen molar-refractivity contribution < 1.29 is 4.21 Å². The van der Waals surface area contributed by atoms with E-state index in [2.05, 4.69) is 6.07 Å². The molecule has 0 radical (unpaired) electrons. The lowest BCUT2D eigenvalue weighted by Gasteiger charge is -2.17. The highest BCUT2D eigenvalue weighted by molar-refractivity contribution is 7.85. The van der Waals surface area contributed by atoms with Crippen LogP contribution in [0.2, 0.25) is 0 Å². The largest absolute Gasteiger partial charge is 0.259 e. The van der Waals surface area contributed by atoms with Gasteiger partial charge >= 0.3 is 0 Å². The van der Waals surface area contributed by atoms with Gasteiger partial charge in [-0.1, -0.05) is 12.1 Å². The van der Waals surface area contributed by atoms with Crippen molar-refractivity contribution in [1.82, 2.24) is 0 Å². The predicted molar refractivity (Wildman–Crippen MR) is 62.8 cm³/mol.